The summed E-state index contributed by atoms with van der Waals surface area (Å²) < 4.78 is 0. The van der Waals surface area contributed by atoms with Crippen molar-refractivity contribution in [1.82, 2.24) is 5.32 Å². The zero-order valence-corrected chi connectivity index (χ0v) is 10.3. The van der Waals surface area contributed by atoms with Crippen molar-refractivity contribution in [1.29, 1.82) is 0 Å². The van der Waals surface area contributed by atoms with Gasteiger partial charge in [0.25, 0.3) is 0 Å². The zero-order chi connectivity index (χ0) is 11.5. The van der Waals surface area contributed by atoms with Crippen LogP contribution in [0.3, 0.4) is 0 Å². The van der Waals surface area contributed by atoms with Gasteiger partial charge in [-0.1, -0.05) is 17.7 Å². The van der Waals surface area contributed by atoms with Crippen LogP contribution < -0.4 is 5.32 Å². The summed E-state index contributed by atoms with van der Waals surface area (Å²) in [6, 6.07) is 3.79. The molecule has 0 aliphatic carbocycles. The van der Waals surface area contributed by atoms with Crippen LogP contribution in [-0.4, -0.2) is 18.2 Å². The monoisotopic (exact) mass is 239 g/mol. The van der Waals surface area contributed by atoms with Gasteiger partial charge in [-0.15, -0.1) is 0 Å². The van der Waals surface area contributed by atoms with E-state index in [0.717, 1.165) is 30.6 Å². The van der Waals surface area contributed by atoms with Crippen molar-refractivity contribution in [3.8, 4) is 5.75 Å². The normalized spacial score (nSPS) is 21.0. The van der Waals surface area contributed by atoms with Crippen LogP contribution in [-0.2, 0) is 6.42 Å². The molecule has 1 aliphatic heterocycles. The topological polar surface area (TPSA) is 32.3 Å². The number of phenols is 1. The summed E-state index contributed by atoms with van der Waals surface area (Å²) in [6.07, 6.45) is 3.44. The number of benzene rings is 1. The molecule has 1 atom stereocenters. The second-order valence-corrected chi connectivity index (χ2v) is 5.05. The van der Waals surface area contributed by atoms with Gasteiger partial charge in [0.1, 0.15) is 5.75 Å². The molecule has 1 aromatic carbocycles. The highest BCUT2D eigenvalue weighted by molar-refractivity contribution is 6.32. The molecule has 0 saturated carbocycles. The average molecular weight is 240 g/mol. The van der Waals surface area contributed by atoms with Gasteiger partial charge >= 0.3 is 0 Å². The fraction of sp³-hybridized carbons (Fsp3) is 0.538. The van der Waals surface area contributed by atoms with Crippen LogP contribution >= 0.6 is 11.6 Å². The van der Waals surface area contributed by atoms with Gasteiger partial charge in [0, 0.05) is 0 Å². The van der Waals surface area contributed by atoms with Crippen LogP contribution in [0.1, 0.15) is 24.0 Å². The second kappa shape index (κ2) is 5.07. The molecule has 1 heterocycles. The molecule has 16 heavy (non-hydrogen) atoms. The lowest BCUT2D eigenvalue weighted by Crippen LogP contribution is -2.30. The quantitative estimate of drug-likeness (QED) is 0.832. The minimum atomic E-state index is 0.209. The maximum absolute atomic E-state index is 9.66. The summed E-state index contributed by atoms with van der Waals surface area (Å²) in [5, 5.41) is 13.6. The molecule has 0 spiro atoms. The maximum atomic E-state index is 9.66. The van der Waals surface area contributed by atoms with Crippen LogP contribution in [0.15, 0.2) is 12.1 Å². The molecular formula is C13H18ClNO. The van der Waals surface area contributed by atoms with E-state index in [2.05, 4.69) is 11.4 Å². The number of rotatable bonds is 2. The van der Waals surface area contributed by atoms with E-state index in [1.54, 1.807) is 6.07 Å². The summed E-state index contributed by atoms with van der Waals surface area (Å²) in [6.45, 7) is 4.17. The van der Waals surface area contributed by atoms with E-state index in [0.29, 0.717) is 10.9 Å². The van der Waals surface area contributed by atoms with Crippen molar-refractivity contribution in [2.45, 2.75) is 26.2 Å². The predicted molar refractivity (Wildman–Crippen MR) is 67.2 cm³/mol. The molecule has 88 valence electrons. The molecular weight excluding hydrogens is 222 g/mol. The lowest BCUT2D eigenvalue weighted by Gasteiger charge is -2.23. The Morgan fingerprint density at radius 3 is 3.00 bits per heavy atom. The molecule has 1 aliphatic rings. The van der Waals surface area contributed by atoms with E-state index < -0.39 is 0 Å². The Balaban J connectivity index is 2.13. The summed E-state index contributed by atoms with van der Waals surface area (Å²) in [4.78, 5) is 0. The first-order valence-corrected chi connectivity index (χ1v) is 6.23. The van der Waals surface area contributed by atoms with Crippen molar-refractivity contribution in [3.05, 3.63) is 28.3 Å². The van der Waals surface area contributed by atoms with E-state index in [9.17, 15) is 5.11 Å². The molecule has 0 radical (unpaired) electrons. The number of piperidine rings is 1. The highest BCUT2D eigenvalue weighted by Crippen LogP contribution is 2.31. The lowest BCUT2D eigenvalue weighted by atomic mass is 9.91. The van der Waals surface area contributed by atoms with E-state index in [-0.39, 0.29) is 5.75 Å². The molecule has 2 rings (SSSR count). The first kappa shape index (κ1) is 11.7. The van der Waals surface area contributed by atoms with Crippen LogP contribution in [0, 0.1) is 12.8 Å². The smallest absolute Gasteiger partial charge is 0.134 e. The number of halogens is 1. The highest BCUT2D eigenvalue weighted by atomic mass is 35.5. The summed E-state index contributed by atoms with van der Waals surface area (Å²) in [7, 11) is 0. The van der Waals surface area contributed by atoms with Gasteiger partial charge in [0.15, 0.2) is 0 Å². The summed E-state index contributed by atoms with van der Waals surface area (Å²) in [5.41, 5.74) is 2.15. The lowest BCUT2D eigenvalue weighted by molar-refractivity contribution is 0.375. The standard InChI is InChI=1S/C13H18ClNO/c1-9-5-11(13(14)12(16)6-9)7-10-3-2-4-15-8-10/h5-6,10,15-16H,2-4,7-8H2,1H3. The molecule has 1 aromatic rings. The maximum Gasteiger partial charge on any atom is 0.134 e. The number of phenolic OH excluding ortho intramolecular Hbond substituents is 1. The van der Waals surface area contributed by atoms with Crippen LogP contribution in [0.4, 0.5) is 0 Å². The average Bonchev–Trinajstić information content (AvgIpc) is 2.27. The molecule has 1 saturated heterocycles. The number of aromatic hydroxyl groups is 1. The van der Waals surface area contributed by atoms with E-state index in [1.807, 2.05) is 6.92 Å². The summed E-state index contributed by atoms with van der Waals surface area (Å²) in [5.74, 6) is 0.855. The Bertz CT molecular complexity index is 372. The van der Waals surface area contributed by atoms with Gasteiger partial charge < -0.3 is 10.4 Å². The van der Waals surface area contributed by atoms with Crippen LogP contribution in [0.5, 0.6) is 5.75 Å². The molecule has 0 aromatic heterocycles. The number of aryl methyl sites for hydroxylation is 1. The van der Waals surface area contributed by atoms with Crippen molar-refractivity contribution >= 4 is 11.6 Å². The van der Waals surface area contributed by atoms with Crippen LogP contribution in [0.25, 0.3) is 0 Å². The van der Waals surface area contributed by atoms with E-state index >= 15 is 0 Å². The SMILES string of the molecule is Cc1cc(O)c(Cl)c(CC2CCCNC2)c1. The molecule has 1 fully saturated rings. The Morgan fingerprint density at radius 2 is 2.31 bits per heavy atom. The zero-order valence-electron chi connectivity index (χ0n) is 9.59. The Hall–Kier alpha value is -0.730. The van der Waals surface area contributed by atoms with Crippen LogP contribution in [0.2, 0.25) is 5.02 Å². The fourth-order valence-electron chi connectivity index (χ4n) is 2.38. The van der Waals surface area contributed by atoms with Crippen molar-refractivity contribution in [2.24, 2.45) is 5.92 Å². The first-order chi connectivity index (χ1) is 7.66. The van der Waals surface area contributed by atoms with E-state index in [1.165, 1.54) is 12.8 Å². The van der Waals surface area contributed by atoms with Gasteiger partial charge in [-0.25, -0.2) is 0 Å². The molecule has 0 bridgehead atoms. The fourth-order valence-corrected chi connectivity index (χ4v) is 2.57. The van der Waals surface area contributed by atoms with Crippen molar-refractivity contribution in [2.75, 3.05) is 13.1 Å². The van der Waals surface area contributed by atoms with Gasteiger partial charge in [-0.2, -0.15) is 0 Å². The minimum absolute atomic E-state index is 0.209. The molecule has 3 heteroatoms. The minimum Gasteiger partial charge on any atom is -0.506 e. The molecule has 2 N–H and O–H groups in total. The van der Waals surface area contributed by atoms with E-state index in [4.69, 9.17) is 11.6 Å². The largest absolute Gasteiger partial charge is 0.506 e. The third-order valence-electron chi connectivity index (χ3n) is 3.18. The molecule has 0 amide bonds. The van der Waals surface area contributed by atoms with Gasteiger partial charge in [0.2, 0.25) is 0 Å². The highest BCUT2D eigenvalue weighted by Gasteiger charge is 2.16. The Labute approximate surface area is 102 Å². The molecule has 1 unspecified atom stereocenters. The first-order valence-electron chi connectivity index (χ1n) is 5.85. The third kappa shape index (κ3) is 2.69. The van der Waals surface area contributed by atoms with Crippen molar-refractivity contribution < 1.29 is 5.11 Å². The number of hydrogen-bond donors (Lipinski definition) is 2. The Kier molecular flexibility index (Phi) is 3.72. The van der Waals surface area contributed by atoms with Gasteiger partial charge in [-0.05, 0) is 62.4 Å². The number of hydrogen-bond acceptors (Lipinski definition) is 2. The van der Waals surface area contributed by atoms with Gasteiger partial charge in [-0.3, -0.25) is 0 Å². The second-order valence-electron chi connectivity index (χ2n) is 4.67. The van der Waals surface area contributed by atoms with Gasteiger partial charge in [0.05, 0.1) is 5.02 Å². The number of nitrogens with one attached hydrogen (secondary N) is 1. The predicted octanol–water partition coefficient (Wildman–Crippen LogP) is 2.90. The Morgan fingerprint density at radius 1 is 1.50 bits per heavy atom. The summed E-state index contributed by atoms with van der Waals surface area (Å²) >= 11 is 6.11. The third-order valence-corrected chi connectivity index (χ3v) is 3.62. The molecule has 2 nitrogen and oxygen atoms in total. The van der Waals surface area contributed by atoms with Crippen molar-refractivity contribution in [3.63, 3.8) is 0 Å².